The molecule has 0 saturated carbocycles. The maximum Gasteiger partial charge on any atom is 0.338 e. The Morgan fingerprint density at radius 3 is 2.25 bits per heavy atom. The molecule has 2 aromatic carbocycles. The Morgan fingerprint density at radius 2 is 1.69 bits per heavy atom. The Hall–Kier alpha value is -3.78. The molecule has 1 aliphatic rings. The van der Waals surface area contributed by atoms with E-state index in [1.807, 2.05) is 18.2 Å². The van der Waals surface area contributed by atoms with Crippen LogP contribution >= 0.6 is 11.3 Å². The molecule has 36 heavy (non-hydrogen) atoms. The highest BCUT2D eigenvalue weighted by Crippen LogP contribution is 2.31. The van der Waals surface area contributed by atoms with Crippen molar-refractivity contribution in [1.29, 1.82) is 0 Å². The number of allylic oxidation sites excluding steroid dienone is 1. The number of rotatable bonds is 4. The van der Waals surface area contributed by atoms with Gasteiger partial charge in [0.2, 0.25) is 0 Å². The van der Waals surface area contributed by atoms with E-state index in [-0.39, 0.29) is 16.5 Å². The summed E-state index contributed by atoms with van der Waals surface area (Å²) in [5, 5.41) is 0. The molecule has 0 spiro atoms. The second-order valence-corrected chi connectivity index (χ2v) is 10.6. The first-order valence-electron chi connectivity index (χ1n) is 11.5. The number of ether oxygens (including phenoxy) is 2. The molecule has 7 nitrogen and oxygen atoms in total. The van der Waals surface area contributed by atoms with Crippen molar-refractivity contribution in [2.75, 3.05) is 7.11 Å². The average molecular weight is 505 g/mol. The van der Waals surface area contributed by atoms with E-state index in [1.54, 1.807) is 31.2 Å². The highest BCUT2D eigenvalue weighted by molar-refractivity contribution is 7.07. The fourth-order valence-corrected chi connectivity index (χ4v) is 5.17. The van der Waals surface area contributed by atoms with E-state index in [2.05, 4.69) is 37.9 Å². The van der Waals surface area contributed by atoms with Gasteiger partial charge in [0.25, 0.3) is 5.56 Å². The third-order valence-electron chi connectivity index (χ3n) is 5.96. The summed E-state index contributed by atoms with van der Waals surface area (Å²) < 4.78 is 12.2. The number of carbonyl (C=O) groups is 2. The van der Waals surface area contributed by atoms with Crippen LogP contribution in [-0.2, 0) is 19.7 Å². The molecular weight excluding hydrogens is 476 g/mol. The van der Waals surface area contributed by atoms with E-state index in [0.29, 0.717) is 26.3 Å². The summed E-state index contributed by atoms with van der Waals surface area (Å²) in [4.78, 5) is 42.8. The molecule has 0 saturated heterocycles. The first kappa shape index (κ1) is 25.3. The highest BCUT2D eigenvalue weighted by Gasteiger charge is 2.33. The number of thiazole rings is 1. The zero-order valence-corrected chi connectivity index (χ0v) is 21.9. The number of carbonyl (C=O) groups excluding carboxylic acids is 2. The van der Waals surface area contributed by atoms with Gasteiger partial charge in [0.15, 0.2) is 4.80 Å². The van der Waals surface area contributed by atoms with E-state index in [1.165, 1.54) is 35.5 Å². The number of benzene rings is 2. The standard InChI is InChI=1S/C28H28N2O5S/c1-16-23(26(33)34-6)24(19-9-13-21(14-10-19)35-17(2)31)30-25(32)22(36-27(30)29-16)15-18-7-11-20(12-8-18)28(3,4)5/h7-15,24H,1-6H3/b22-15-. The molecule has 0 fully saturated rings. The number of hydrogen-bond donors (Lipinski definition) is 0. The smallest absolute Gasteiger partial charge is 0.338 e. The third kappa shape index (κ3) is 4.95. The monoisotopic (exact) mass is 504 g/mol. The number of aromatic nitrogens is 1. The first-order valence-corrected chi connectivity index (χ1v) is 12.3. The third-order valence-corrected chi connectivity index (χ3v) is 6.94. The van der Waals surface area contributed by atoms with Gasteiger partial charge in [0.05, 0.1) is 29.0 Å². The molecule has 0 N–H and O–H groups in total. The van der Waals surface area contributed by atoms with Gasteiger partial charge in [-0.25, -0.2) is 9.79 Å². The molecule has 186 valence electrons. The fraction of sp³-hybridized carbons (Fsp3) is 0.286. The molecule has 0 bridgehead atoms. The van der Waals surface area contributed by atoms with Crippen molar-refractivity contribution in [3.05, 3.63) is 96.2 Å². The van der Waals surface area contributed by atoms with Gasteiger partial charge in [-0.15, -0.1) is 0 Å². The van der Waals surface area contributed by atoms with E-state index in [4.69, 9.17) is 9.47 Å². The number of esters is 2. The lowest BCUT2D eigenvalue weighted by Gasteiger charge is -2.24. The quantitative estimate of drug-likeness (QED) is 0.400. The lowest BCUT2D eigenvalue weighted by Crippen LogP contribution is -2.39. The van der Waals surface area contributed by atoms with Crippen LogP contribution in [0.25, 0.3) is 6.08 Å². The molecular formula is C28H28N2O5S. The van der Waals surface area contributed by atoms with Crippen LogP contribution in [0.1, 0.15) is 57.4 Å². The summed E-state index contributed by atoms with van der Waals surface area (Å²) in [7, 11) is 1.30. The molecule has 8 heteroatoms. The minimum Gasteiger partial charge on any atom is -0.466 e. The van der Waals surface area contributed by atoms with Gasteiger partial charge in [0.1, 0.15) is 5.75 Å². The van der Waals surface area contributed by atoms with Crippen LogP contribution in [0.2, 0.25) is 0 Å². The second kappa shape index (κ2) is 9.70. The van der Waals surface area contributed by atoms with Crippen molar-refractivity contribution >= 4 is 29.4 Å². The Balaban J connectivity index is 1.86. The van der Waals surface area contributed by atoms with E-state index >= 15 is 0 Å². The molecule has 4 rings (SSSR count). The zero-order valence-electron chi connectivity index (χ0n) is 21.1. The molecule has 2 heterocycles. The normalized spacial score (nSPS) is 15.8. The summed E-state index contributed by atoms with van der Waals surface area (Å²) in [6.45, 7) is 9.51. The van der Waals surface area contributed by atoms with E-state index < -0.39 is 18.0 Å². The molecule has 1 aromatic heterocycles. The van der Waals surface area contributed by atoms with Gasteiger partial charge in [0, 0.05) is 6.92 Å². The molecule has 3 aromatic rings. The Bertz CT molecular complexity index is 1540. The topological polar surface area (TPSA) is 87.0 Å². The van der Waals surface area contributed by atoms with Crippen molar-refractivity contribution in [3.8, 4) is 5.75 Å². The summed E-state index contributed by atoms with van der Waals surface area (Å²) in [6.07, 6.45) is 1.84. The molecule has 1 atom stereocenters. The maximum absolute atomic E-state index is 13.6. The predicted octanol–water partition coefficient (Wildman–Crippen LogP) is 3.63. The average Bonchev–Trinajstić information content (AvgIpc) is 3.12. The summed E-state index contributed by atoms with van der Waals surface area (Å²) >= 11 is 1.27. The zero-order chi connectivity index (χ0) is 26.2. The Labute approximate surface area is 213 Å². The fourth-order valence-electron chi connectivity index (χ4n) is 4.12. The van der Waals surface area contributed by atoms with Crippen LogP contribution in [-0.4, -0.2) is 23.6 Å². The number of methoxy groups -OCH3 is 1. The summed E-state index contributed by atoms with van der Waals surface area (Å²) in [5.74, 6) is -0.618. The minimum absolute atomic E-state index is 0.0324. The molecule has 1 aliphatic heterocycles. The van der Waals surface area contributed by atoms with Crippen LogP contribution in [0.4, 0.5) is 0 Å². The van der Waals surface area contributed by atoms with Gasteiger partial charge in [-0.1, -0.05) is 68.5 Å². The van der Waals surface area contributed by atoms with Crippen LogP contribution in [0.3, 0.4) is 0 Å². The van der Waals surface area contributed by atoms with Crippen molar-refractivity contribution in [2.24, 2.45) is 4.99 Å². The van der Waals surface area contributed by atoms with Gasteiger partial charge in [-0.3, -0.25) is 14.2 Å². The van der Waals surface area contributed by atoms with Crippen molar-refractivity contribution in [2.45, 2.75) is 46.1 Å². The van der Waals surface area contributed by atoms with Crippen LogP contribution in [0.5, 0.6) is 5.75 Å². The van der Waals surface area contributed by atoms with Crippen LogP contribution < -0.4 is 19.6 Å². The van der Waals surface area contributed by atoms with Crippen molar-refractivity contribution in [3.63, 3.8) is 0 Å². The molecule has 0 aliphatic carbocycles. The Morgan fingerprint density at radius 1 is 1.06 bits per heavy atom. The molecule has 0 radical (unpaired) electrons. The van der Waals surface area contributed by atoms with Gasteiger partial charge >= 0.3 is 11.9 Å². The second-order valence-electron chi connectivity index (χ2n) is 9.61. The van der Waals surface area contributed by atoms with Gasteiger partial charge in [-0.05, 0) is 47.2 Å². The highest BCUT2D eigenvalue weighted by atomic mass is 32.1. The SMILES string of the molecule is COC(=O)C1=C(C)N=c2s/c(=C\c3ccc(C(C)(C)C)cc3)c(=O)n2C1c1ccc(OC(C)=O)cc1. The van der Waals surface area contributed by atoms with Crippen LogP contribution in [0, 0.1) is 0 Å². The van der Waals surface area contributed by atoms with E-state index in [9.17, 15) is 14.4 Å². The van der Waals surface area contributed by atoms with Crippen molar-refractivity contribution < 1.29 is 19.1 Å². The number of nitrogens with zero attached hydrogens (tertiary/aromatic N) is 2. The first-order chi connectivity index (χ1) is 17.0. The maximum atomic E-state index is 13.6. The minimum atomic E-state index is -0.731. The number of hydrogen-bond acceptors (Lipinski definition) is 7. The lowest BCUT2D eigenvalue weighted by atomic mass is 9.87. The molecule has 0 amide bonds. The predicted molar refractivity (Wildman–Crippen MR) is 139 cm³/mol. The largest absolute Gasteiger partial charge is 0.466 e. The van der Waals surface area contributed by atoms with E-state index in [0.717, 1.165) is 5.56 Å². The van der Waals surface area contributed by atoms with Gasteiger partial charge < -0.3 is 9.47 Å². The van der Waals surface area contributed by atoms with Gasteiger partial charge in [-0.2, -0.15) is 0 Å². The summed E-state index contributed by atoms with van der Waals surface area (Å²) in [6, 6.07) is 14.1. The summed E-state index contributed by atoms with van der Waals surface area (Å²) in [5.41, 5.74) is 3.33. The van der Waals surface area contributed by atoms with Crippen molar-refractivity contribution in [1.82, 2.24) is 4.57 Å². The van der Waals surface area contributed by atoms with Crippen LogP contribution in [0.15, 0.2) is 69.6 Å². The number of fused-ring (bicyclic) bond motifs is 1. The lowest BCUT2D eigenvalue weighted by molar-refractivity contribution is -0.136. The Kier molecular flexibility index (Phi) is 6.82. The molecule has 1 unspecified atom stereocenters.